The number of nitrogens with zero attached hydrogens (tertiary/aromatic N) is 2. The summed E-state index contributed by atoms with van der Waals surface area (Å²) in [5, 5.41) is 4.97. The van der Waals surface area contributed by atoms with E-state index in [1.807, 2.05) is 42.5 Å². The van der Waals surface area contributed by atoms with Gasteiger partial charge in [-0.15, -0.1) is 0 Å². The summed E-state index contributed by atoms with van der Waals surface area (Å²) < 4.78 is 0. The van der Waals surface area contributed by atoms with Crippen molar-refractivity contribution >= 4 is 29.3 Å². The smallest absolute Gasteiger partial charge is 0.261 e. The molecule has 8 heteroatoms. The zero-order valence-corrected chi connectivity index (χ0v) is 17.5. The third-order valence-electron chi connectivity index (χ3n) is 5.92. The first-order valence-corrected chi connectivity index (χ1v) is 10.8. The van der Waals surface area contributed by atoms with Crippen LogP contribution in [0.2, 0.25) is 5.02 Å². The molecule has 31 heavy (non-hydrogen) atoms. The summed E-state index contributed by atoms with van der Waals surface area (Å²) in [6, 6.07) is 16.1. The number of hydroxylamine groups is 2. The molecular weight excluding hydrogens is 418 g/mol. The van der Waals surface area contributed by atoms with Crippen LogP contribution < -0.4 is 5.32 Å². The molecule has 3 amide bonds. The van der Waals surface area contributed by atoms with E-state index in [-0.39, 0.29) is 36.9 Å². The summed E-state index contributed by atoms with van der Waals surface area (Å²) in [7, 11) is 0. The predicted molar refractivity (Wildman–Crippen MR) is 112 cm³/mol. The van der Waals surface area contributed by atoms with Crippen molar-refractivity contribution in [3.8, 4) is 0 Å². The Hall–Kier alpha value is -2.74. The second kappa shape index (κ2) is 8.07. The predicted octanol–water partition coefficient (Wildman–Crippen LogP) is 2.46. The van der Waals surface area contributed by atoms with E-state index in [1.54, 1.807) is 12.1 Å². The lowest BCUT2D eigenvalue weighted by atomic mass is 9.91. The van der Waals surface area contributed by atoms with E-state index < -0.39 is 18.1 Å². The fraction of sp³-hybridized carbons (Fsp3) is 0.348. The second-order valence-electron chi connectivity index (χ2n) is 8.21. The lowest BCUT2D eigenvalue weighted by molar-refractivity contribution is -0.182. The van der Waals surface area contributed by atoms with Crippen LogP contribution in [0.4, 0.5) is 0 Å². The first-order chi connectivity index (χ1) is 15.0. The summed E-state index contributed by atoms with van der Waals surface area (Å²) in [6.07, 6.45) is 1.01. The first-order valence-electron chi connectivity index (χ1n) is 10.4. The van der Waals surface area contributed by atoms with Crippen molar-refractivity contribution in [3.63, 3.8) is 0 Å². The van der Waals surface area contributed by atoms with E-state index in [4.69, 9.17) is 16.4 Å². The van der Waals surface area contributed by atoms with Crippen molar-refractivity contribution in [2.24, 2.45) is 5.92 Å². The molecule has 3 fully saturated rings. The van der Waals surface area contributed by atoms with Gasteiger partial charge in [-0.3, -0.25) is 24.1 Å². The molecule has 0 radical (unpaired) electrons. The fourth-order valence-electron chi connectivity index (χ4n) is 4.26. The van der Waals surface area contributed by atoms with Crippen LogP contribution in [-0.2, 0) is 25.8 Å². The quantitative estimate of drug-likeness (QED) is 0.699. The van der Waals surface area contributed by atoms with E-state index in [0.717, 1.165) is 24.0 Å². The van der Waals surface area contributed by atoms with E-state index >= 15 is 0 Å². The monoisotopic (exact) mass is 439 g/mol. The van der Waals surface area contributed by atoms with Crippen LogP contribution in [0.15, 0.2) is 54.6 Å². The normalized spacial score (nSPS) is 25.7. The second-order valence-corrected chi connectivity index (χ2v) is 8.65. The van der Waals surface area contributed by atoms with Crippen LogP contribution >= 0.6 is 11.6 Å². The molecule has 2 aromatic carbocycles. The molecule has 7 nitrogen and oxygen atoms in total. The molecule has 2 heterocycles. The fourth-order valence-corrected chi connectivity index (χ4v) is 4.39. The zero-order chi connectivity index (χ0) is 21.5. The van der Waals surface area contributed by atoms with Gasteiger partial charge in [0.15, 0.2) is 6.10 Å². The van der Waals surface area contributed by atoms with Gasteiger partial charge in [-0.1, -0.05) is 54.1 Å². The highest BCUT2D eigenvalue weighted by atomic mass is 35.5. The molecule has 1 saturated carbocycles. The Labute approximate surface area is 184 Å². The minimum atomic E-state index is -0.939. The molecule has 3 unspecified atom stereocenters. The van der Waals surface area contributed by atoms with Gasteiger partial charge in [0.05, 0.1) is 18.5 Å². The Kier molecular flexibility index (Phi) is 5.25. The van der Waals surface area contributed by atoms with Crippen molar-refractivity contribution in [2.75, 3.05) is 6.54 Å². The van der Waals surface area contributed by atoms with Crippen LogP contribution in [-0.4, -0.2) is 46.4 Å². The number of carbonyl (C=O) groups excluding carboxylic acids is 3. The summed E-state index contributed by atoms with van der Waals surface area (Å²) in [5.41, 5.74) is 1.65. The maximum Gasteiger partial charge on any atom is 0.261 e. The van der Waals surface area contributed by atoms with Gasteiger partial charge in [-0.2, -0.15) is 5.06 Å². The van der Waals surface area contributed by atoms with Crippen molar-refractivity contribution in [2.45, 2.75) is 37.6 Å². The Morgan fingerprint density at radius 1 is 1.03 bits per heavy atom. The number of fused-ring (bicyclic) bond motifs is 1. The maximum absolute atomic E-state index is 13.3. The average Bonchev–Trinajstić information content (AvgIpc) is 3.46. The topological polar surface area (TPSA) is 79.0 Å². The Balaban J connectivity index is 1.42. The van der Waals surface area contributed by atoms with Crippen LogP contribution in [0.3, 0.4) is 0 Å². The Morgan fingerprint density at radius 3 is 2.42 bits per heavy atom. The molecule has 3 aliphatic rings. The van der Waals surface area contributed by atoms with Gasteiger partial charge < -0.3 is 5.32 Å². The van der Waals surface area contributed by atoms with Gasteiger partial charge >= 0.3 is 0 Å². The van der Waals surface area contributed by atoms with Gasteiger partial charge in [0.1, 0.15) is 6.54 Å². The summed E-state index contributed by atoms with van der Waals surface area (Å²) in [4.78, 5) is 46.1. The number of halogens is 1. The van der Waals surface area contributed by atoms with Crippen LogP contribution in [0.1, 0.15) is 30.0 Å². The van der Waals surface area contributed by atoms with E-state index in [9.17, 15) is 14.4 Å². The lowest BCUT2D eigenvalue weighted by Gasteiger charge is -2.27. The molecule has 0 aromatic heterocycles. The van der Waals surface area contributed by atoms with Crippen molar-refractivity contribution in [3.05, 3.63) is 70.7 Å². The minimum absolute atomic E-state index is 0.0456. The molecule has 1 aliphatic carbocycles. The average molecular weight is 440 g/mol. The maximum atomic E-state index is 13.3. The Morgan fingerprint density at radius 2 is 1.74 bits per heavy atom. The number of likely N-dealkylation sites (tertiary alicyclic amines) is 1. The van der Waals surface area contributed by atoms with Crippen molar-refractivity contribution < 1.29 is 19.2 Å². The molecule has 5 rings (SSSR count). The van der Waals surface area contributed by atoms with Crippen molar-refractivity contribution in [1.82, 2.24) is 15.3 Å². The minimum Gasteiger partial charge on any atom is -0.352 e. The van der Waals surface area contributed by atoms with Crippen LogP contribution in [0.25, 0.3) is 0 Å². The molecule has 160 valence electrons. The van der Waals surface area contributed by atoms with E-state index in [1.165, 1.54) is 9.96 Å². The molecular formula is C23H22ClN3O4. The SMILES string of the molecule is O=C(CN1OC2C(=O)N(Cc3ccccc3)C(=O)C2C1c1ccc(Cl)cc1)NC1CC1. The molecule has 0 bridgehead atoms. The van der Waals surface area contributed by atoms with Crippen LogP contribution in [0.5, 0.6) is 0 Å². The Bertz CT molecular complexity index is 1010. The third-order valence-corrected chi connectivity index (χ3v) is 6.18. The molecule has 2 saturated heterocycles. The van der Waals surface area contributed by atoms with Gasteiger partial charge in [0, 0.05) is 11.1 Å². The largest absolute Gasteiger partial charge is 0.352 e. The molecule has 3 atom stereocenters. The number of hydrogen-bond donors (Lipinski definition) is 1. The summed E-state index contributed by atoms with van der Waals surface area (Å²) in [5.74, 6) is -1.56. The zero-order valence-electron chi connectivity index (χ0n) is 16.7. The van der Waals surface area contributed by atoms with Crippen LogP contribution in [0, 0.1) is 5.92 Å². The third kappa shape index (κ3) is 3.96. The van der Waals surface area contributed by atoms with Crippen molar-refractivity contribution in [1.29, 1.82) is 0 Å². The van der Waals surface area contributed by atoms with E-state index in [0.29, 0.717) is 5.02 Å². The molecule has 0 spiro atoms. The highest BCUT2D eigenvalue weighted by molar-refractivity contribution is 6.30. The number of benzene rings is 2. The number of rotatable bonds is 6. The summed E-state index contributed by atoms with van der Waals surface area (Å²) >= 11 is 6.04. The van der Waals surface area contributed by atoms with Gasteiger partial charge in [-0.05, 0) is 36.1 Å². The lowest BCUT2D eigenvalue weighted by Crippen LogP contribution is -2.41. The van der Waals surface area contributed by atoms with Gasteiger partial charge in [-0.25, -0.2) is 0 Å². The molecule has 1 N–H and O–H groups in total. The number of nitrogens with one attached hydrogen (secondary N) is 1. The first kappa shape index (κ1) is 20.2. The highest BCUT2D eigenvalue weighted by Crippen LogP contribution is 2.45. The number of imide groups is 1. The highest BCUT2D eigenvalue weighted by Gasteiger charge is 2.59. The molecule has 2 aliphatic heterocycles. The number of amides is 3. The van der Waals surface area contributed by atoms with Gasteiger partial charge in [0.2, 0.25) is 11.8 Å². The standard InChI is InChI=1S/C23H22ClN3O4/c24-16-8-6-15(7-9-16)20-19-21(31-27(20)13-18(28)25-17-10-11-17)23(30)26(22(19)29)12-14-4-2-1-3-5-14/h1-9,17,19-21H,10-13H2,(H,25,28). The molecule has 2 aromatic rings. The van der Waals surface area contributed by atoms with Gasteiger partial charge in [0.25, 0.3) is 5.91 Å². The number of carbonyl (C=O) groups is 3. The van der Waals surface area contributed by atoms with E-state index in [2.05, 4.69) is 5.32 Å². The number of hydrogen-bond acceptors (Lipinski definition) is 5. The summed E-state index contributed by atoms with van der Waals surface area (Å²) in [6.45, 7) is 0.153.